The number of halogens is 2. The number of aryl methyl sites for hydroxylation is 1. The summed E-state index contributed by atoms with van der Waals surface area (Å²) in [6.07, 6.45) is 0. The maximum atomic E-state index is 11.2. The summed E-state index contributed by atoms with van der Waals surface area (Å²) in [6.45, 7) is 3.55. The second-order valence-electron chi connectivity index (χ2n) is 2.33. The molecule has 1 heterocycles. The lowest BCUT2D eigenvalue weighted by Gasteiger charge is -2.06. The number of pyridine rings is 1. The van der Waals surface area contributed by atoms with Crippen LogP contribution < -0.4 is 4.73 Å². The first-order chi connectivity index (χ1) is 5.04. The van der Waals surface area contributed by atoms with Gasteiger partial charge in [-0.3, -0.25) is 0 Å². The molecule has 0 spiro atoms. The minimum atomic E-state index is 0.678. The summed E-state index contributed by atoms with van der Waals surface area (Å²) >= 11 is 6.63. The van der Waals surface area contributed by atoms with Crippen LogP contribution in [0.3, 0.4) is 0 Å². The Bertz CT molecular complexity index is 273. The third kappa shape index (κ3) is 1.56. The van der Waals surface area contributed by atoms with Crippen molar-refractivity contribution in [2.75, 3.05) is 0 Å². The van der Waals surface area contributed by atoms with Crippen molar-refractivity contribution >= 4 is 31.9 Å². The number of rotatable bonds is 0. The van der Waals surface area contributed by atoms with Crippen molar-refractivity contribution in [3.05, 3.63) is 31.6 Å². The molecule has 0 bridgehead atoms. The maximum absolute atomic E-state index is 11.2. The SMILES string of the molecule is Cc1cc(Br)c(Br)c(C)[n+]1[O-]. The zero-order valence-electron chi connectivity index (χ0n) is 6.19. The molecule has 0 aliphatic heterocycles. The van der Waals surface area contributed by atoms with Crippen LogP contribution in [-0.2, 0) is 0 Å². The molecule has 2 nitrogen and oxygen atoms in total. The van der Waals surface area contributed by atoms with Crippen molar-refractivity contribution < 1.29 is 4.73 Å². The van der Waals surface area contributed by atoms with Crippen LogP contribution in [-0.4, -0.2) is 0 Å². The average Bonchev–Trinajstić information content (AvgIpc) is 1.97. The Morgan fingerprint density at radius 3 is 2.45 bits per heavy atom. The van der Waals surface area contributed by atoms with Crippen LogP contribution in [0.25, 0.3) is 0 Å². The molecule has 0 radical (unpaired) electrons. The number of hydrogen-bond acceptors (Lipinski definition) is 1. The summed E-state index contributed by atoms with van der Waals surface area (Å²) in [5.74, 6) is 0. The second-order valence-corrected chi connectivity index (χ2v) is 3.97. The van der Waals surface area contributed by atoms with Crippen LogP contribution in [0, 0.1) is 19.1 Å². The first-order valence-electron chi connectivity index (χ1n) is 3.09. The standard InChI is InChI=1S/C7H7Br2NO/c1-4-3-6(8)7(9)5(2)10(4)11/h3H,1-2H3. The van der Waals surface area contributed by atoms with Gasteiger partial charge in [-0.05, 0) is 31.9 Å². The van der Waals surface area contributed by atoms with E-state index in [-0.39, 0.29) is 0 Å². The molecule has 0 fully saturated rings. The summed E-state index contributed by atoms with van der Waals surface area (Å²) < 4.78 is 2.63. The van der Waals surface area contributed by atoms with Crippen LogP contribution in [0.15, 0.2) is 15.0 Å². The Morgan fingerprint density at radius 2 is 1.91 bits per heavy atom. The van der Waals surface area contributed by atoms with Gasteiger partial charge in [0.2, 0.25) is 5.69 Å². The van der Waals surface area contributed by atoms with Crippen LogP contribution in [0.2, 0.25) is 0 Å². The number of nitrogens with zero attached hydrogens (tertiary/aromatic N) is 1. The van der Waals surface area contributed by atoms with Gasteiger partial charge in [-0.25, -0.2) is 0 Å². The highest BCUT2D eigenvalue weighted by atomic mass is 79.9. The molecule has 4 heteroatoms. The van der Waals surface area contributed by atoms with Crippen LogP contribution in [0.1, 0.15) is 11.4 Å². The van der Waals surface area contributed by atoms with Crippen molar-refractivity contribution in [3.63, 3.8) is 0 Å². The van der Waals surface area contributed by atoms with E-state index in [4.69, 9.17) is 0 Å². The molecular weight excluding hydrogens is 274 g/mol. The van der Waals surface area contributed by atoms with Crippen LogP contribution >= 0.6 is 31.9 Å². The van der Waals surface area contributed by atoms with Crippen LogP contribution in [0.5, 0.6) is 0 Å². The largest absolute Gasteiger partial charge is 0.618 e. The summed E-state index contributed by atoms with van der Waals surface area (Å²) in [6, 6.07) is 1.78. The van der Waals surface area contributed by atoms with E-state index in [2.05, 4.69) is 31.9 Å². The predicted octanol–water partition coefficient (Wildman–Crippen LogP) is 2.46. The highest BCUT2D eigenvalue weighted by molar-refractivity contribution is 9.13. The molecule has 0 aromatic carbocycles. The van der Waals surface area contributed by atoms with E-state index in [1.807, 2.05) is 0 Å². The van der Waals surface area contributed by atoms with E-state index in [1.165, 1.54) is 0 Å². The maximum Gasteiger partial charge on any atom is 0.205 e. The van der Waals surface area contributed by atoms with E-state index in [1.54, 1.807) is 19.9 Å². The fourth-order valence-corrected chi connectivity index (χ4v) is 1.73. The van der Waals surface area contributed by atoms with Crippen molar-refractivity contribution in [2.24, 2.45) is 0 Å². The zero-order chi connectivity index (χ0) is 8.59. The van der Waals surface area contributed by atoms with E-state index in [0.29, 0.717) is 11.4 Å². The molecule has 0 saturated carbocycles. The van der Waals surface area contributed by atoms with Gasteiger partial charge in [0, 0.05) is 24.4 Å². The first-order valence-corrected chi connectivity index (χ1v) is 4.67. The summed E-state index contributed by atoms with van der Waals surface area (Å²) in [4.78, 5) is 0. The van der Waals surface area contributed by atoms with E-state index in [0.717, 1.165) is 13.7 Å². The third-order valence-electron chi connectivity index (χ3n) is 1.49. The molecule has 60 valence electrons. The van der Waals surface area contributed by atoms with Crippen molar-refractivity contribution in [1.29, 1.82) is 0 Å². The molecule has 0 saturated heterocycles. The lowest BCUT2D eigenvalue weighted by molar-refractivity contribution is -0.619. The Hall–Kier alpha value is -0.0900. The molecule has 0 aliphatic rings. The van der Waals surface area contributed by atoms with Crippen molar-refractivity contribution in [1.82, 2.24) is 0 Å². The molecule has 0 amide bonds. The normalized spacial score (nSPS) is 10.2. The topological polar surface area (TPSA) is 26.9 Å². The smallest absolute Gasteiger partial charge is 0.205 e. The van der Waals surface area contributed by atoms with Crippen molar-refractivity contribution in [2.45, 2.75) is 13.8 Å². The van der Waals surface area contributed by atoms with Gasteiger partial charge in [-0.2, -0.15) is 4.73 Å². The molecule has 11 heavy (non-hydrogen) atoms. The fourth-order valence-electron chi connectivity index (χ4n) is 0.832. The molecule has 0 unspecified atom stereocenters. The third-order valence-corrected chi connectivity index (χ3v) is 3.65. The molecule has 1 aromatic rings. The van der Waals surface area contributed by atoms with E-state index in [9.17, 15) is 5.21 Å². The summed E-state index contributed by atoms with van der Waals surface area (Å²) in [7, 11) is 0. The zero-order valence-corrected chi connectivity index (χ0v) is 9.36. The van der Waals surface area contributed by atoms with E-state index < -0.39 is 0 Å². The second kappa shape index (κ2) is 3.11. The highest BCUT2D eigenvalue weighted by Crippen LogP contribution is 2.24. The molecule has 0 aliphatic carbocycles. The van der Waals surface area contributed by atoms with Gasteiger partial charge in [0.25, 0.3) is 0 Å². The van der Waals surface area contributed by atoms with Gasteiger partial charge in [0.05, 0.1) is 4.47 Å². The van der Waals surface area contributed by atoms with Crippen molar-refractivity contribution in [3.8, 4) is 0 Å². The molecular formula is C7H7Br2NO. The Kier molecular flexibility index (Phi) is 2.54. The lowest BCUT2D eigenvalue weighted by Crippen LogP contribution is -2.33. The van der Waals surface area contributed by atoms with Gasteiger partial charge in [-0.15, -0.1) is 0 Å². The van der Waals surface area contributed by atoms with Gasteiger partial charge in [0.15, 0.2) is 5.69 Å². The quantitative estimate of drug-likeness (QED) is 0.530. The van der Waals surface area contributed by atoms with Gasteiger partial charge >= 0.3 is 0 Å². The van der Waals surface area contributed by atoms with Crippen LogP contribution in [0.4, 0.5) is 0 Å². The fraction of sp³-hybridized carbons (Fsp3) is 0.286. The van der Waals surface area contributed by atoms with Gasteiger partial charge < -0.3 is 5.21 Å². The summed E-state index contributed by atoms with van der Waals surface area (Å²) in [5, 5.41) is 11.2. The Balaban J connectivity index is 3.46. The van der Waals surface area contributed by atoms with Gasteiger partial charge in [-0.1, -0.05) is 0 Å². The molecule has 1 rings (SSSR count). The number of aromatic nitrogens is 1. The minimum Gasteiger partial charge on any atom is -0.618 e. The van der Waals surface area contributed by atoms with Gasteiger partial charge in [0.1, 0.15) is 0 Å². The first kappa shape index (κ1) is 9.00. The minimum absolute atomic E-state index is 0.678. The lowest BCUT2D eigenvalue weighted by atomic mass is 10.3. The highest BCUT2D eigenvalue weighted by Gasteiger charge is 2.11. The molecule has 0 N–H and O–H groups in total. The monoisotopic (exact) mass is 279 g/mol. The Morgan fingerprint density at radius 1 is 1.36 bits per heavy atom. The van der Waals surface area contributed by atoms with E-state index >= 15 is 0 Å². The summed E-state index contributed by atoms with van der Waals surface area (Å²) in [5.41, 5.74) is 1.37. The molecule has 0 atom stereocenters. The molecule has 1 aromatic heterocycles. The Labute approximate surface area is 82.1 Å². The average molecular weight is 281 g/mol. The number of hydrogen-bond donors (Lipinski definition) is 0. The predicted molar refractivity (Wildman–Crippen MR) is 50.3 cm³/mol.